The highest BCUT2D eigenvalue weighted by molar-refractivity contribution is 5.93. The lowest BCUT2D eigenvalue weighted by Gasteiger charge is -2.24. The number of benzene rings is 1. The van der Waals surface area contributed by atoms with Gasteiger partial charge < -0.3 is 14.6 Å². The number of aliphatic hydroxyl groups is 1. The van der Waals surface area contributed by atoms with Crippen molar-refractivity contribution in [3.63, 3.8) is 0 Å². The van der Waals surface area contributed by atoms with Gasteiger partial charge in [-0.2, -0.15) is 0 Å². The number of aliphatic hydroxyl groups excluding tert-OH is 1. The van der Waals surface area contributed by atoms with Crippen molar-refractivity contribution in [2.24, 2.45) is 0 Å². The van der Waals surface area contributed by atoms with E-state index < -0.39 is 5.97 Å². The smallest absolute Gasteiger partial charge is 0.342 e. The van der Waals surface area contributed by atoms with Gasteiger partial charge in [-0.1, -0.05) is 26.8 Å². The van der Waals surface area contributed by atoms with Gasteiger partial charge in [0.05, 0.1) is 13.7 Å². The van der Waals surface area contributed by atoms with E-state index in [1.54, 1.807) is 13.2 Å². The summed E-state index contributed by atoms with van der Waals surface area (Å²) >= 11 is 0. The lowest BCUT2D eigenvalue weighted by molar-refractivity contribution is 0.0430. The van der Waals surface area contributed by atoms with Crippen molar-refractivity contribution in [2.75, 3.05) is 20.3 Å². The molecule has 0 fully saturated rings. The molecule has 0 aromatic heterocycles. The molecule has 0 unspecified atom stereocenters. The maximum absolute atomic E-state index is 12.0. The van der Waals surface area contributed by atoms with Gasteiger partial charge in [0, 0.05) is 5.56 Å². The van der Waals surface area contributed by atoms with Crippen LogP contribution in [0, 0.1) is 6.92 Å². The van der Waals surface area contributed by atoms with Crippen LogP contribution >= 0.6 is 0 Å². The number of hydrogen-bond acceptors (Lipinski definition) is 4. The number of rotatable bonds is 4. The Hall–Kier alpha value is -1.55. The summed E-state index contributed by atoms with van der Waals surface area (Å²) < 4.78 is 10.4. The van der Waals surface area contributed by atoms with E-state index in [4.69, 9.17) is 14.6 Å². The minimum Gasteiger partial charge on any atom is -0.496 e. The van der Waals surface area contributed by atoms with Gasteiger partial charge in [-0.15, -0.1) is 0 Å². The highest BCUT2D eigenvalue weighted by atomic mass is 16.5. The third kappa shape index (κ3) is 3.70. The van der Waals surface area contributed by atoms with Crippen LogP contribution < -0.4 is 4.74 Å². The van der Waals surface area contributed by atoms with Crippen LogP contribution in [0.15, 0.2) is 12.1 Å². The predicted octanol–water partition coefficient (Wildman–Crippen LogP) is 2.45. The lowest BCUT2D eigenvalue weighted by atomic mass is 9.84. The molecule has 0 aliphatic heterocycles. The van der Waals surface area contributed by atoms with Gasteiger partial charge in [0.15, 0.2) is 0 Å². The van der Waals surface area contributed by atoms with E-state index in [0.717, 1.165) is 11.1 Å². The van der Waals surface area contributed by atoms with Crippen molar-refractivity contribution < 1.29 is 19.4 Å². The Morgan fingerprint density at radius 1 is 1.32 bits per heavy atom. The van der Waals surface area contributed by atoms with Crippen molar-refractivity contribution in [1.82, 2.24) is 0 Å². The van der Waals surface area contributed by atoms with Crippen molar-refractivity contribution in [1.29, 1.82) is 0 Å². The standard InChI is InChI=1S/C15H22O4/c1-10-8-11(14(17)19-7-6-16)13(18-5)12(9-10)15(2,3)4/h8-9,16H,6-7H2,1-5H3. The summed E-state index contributed by atoms with van der Waals surface area (Å²) in [5.41, 5.74) is 2.21. The zero-order valence-electron chi connectivity index (χ0n) is 12.2. The van der Waals surface area contributed by atoms with E-state index in [-0.39, 0.29) is 18.6 Å². The number of aryl methyl sites for hydroxylation is 1. The number of ether oxygens (including phenoxy) is 2. The summed E-state index contributed by atoms with van der Waals surface area (Å²) in [4.78, 5) is 12.0. The van der Waals surface area contributed by atoms with Crippen LogP contribution in [0.4, 0.5) is 0 Å². The highest BCUT2D eigenvalue weighted by Crippen LogP contribution is 2.35. The molecule has 0 amide bonds. The van der Waals surface area contributed by atoms with E-state index >= 15 is 0 Å². The van der Waals surface area contributed by atoms with E-state index in [9.17, 15) is 4.79 Å². The van der Waals surface area contributed by atoms with E-state index in [1.165, 1.54) is 0 Å². The fraction of sp³-hybridized carbons (Fsp3) is 0.533. The molecular formula is C15H22O4. The van der Waals surface area contributed by atoms with Gasteiger partial charge in [-0.3, -0.25) is 0 Å². The van der Waals surface area contributed by atoms with Crippen LogP contribution in [0.5, 0.6) is 5.75 Å². The Bertz CT molecular complexity index is 458. The number of carbonyl (C=O) groups is 1. The van der Waals surface area contributed by atoms with Crippen LogP contribution in [-0.4, -0.2) is 31.4 Å². The second-order valence-corrected chi connectivity index (χ2v) is 5.50. The third-order valence-corrected chi connectivity index (χ3v) is 2.79. The minimum atomic E-state index is -0.472. The topological polar surface area (TPSA) is 55.8 Å². The molecule has 0 spiro atoms. The van der Waals surface area contributed by atoms with Gasteiger partial charge in [0.2, 0.25) is 0 Å². The first-order valence-corrected chi connectivity index (χ1v) is 6.28. The monoisotopic (exact) mass is 266 g/mol. The quantitative estimate of drug-likeness (QED) is 0.850. The largest absolute Gasteiger partial charge is 0.496 e. The van der Waals surface area contributed by atoms with Crippen LogP contribution in [0.3, 0.4) is 0 Å². The molecule has 0 bridgehead atoms. The molecule has 4 nitrogen and oxygen atoms in total. The molecule has 0 aliphatic rings. The van der Waals surface area contributed by atoms with E-state index in [1.807, 2.05) is 13.0 Å². The summed E-state index contributed by atoms with van der Waals surface area (Å²) in [7, 11) is 1.54. The van der Waals surface area contributed by atoms with Crippen LogP contribution in [0.2, 0.25) is 0 Å². The first-order valence-electron chi connectivity index (χ1n) is 6.28. The first kappa shape index (κ1) is 15.5. The van der Waals surface area contributed by atoms with Gasteiger partial charge >= 0.3 is 5.97 Å². The van der Waals surface area contributed by atoms with Gasteiger partial charge in [-0.25, -0.2) is 4.79 Å². The van der Waals surface area contributed by atoms with E-state index in [0.29, 0.717) is 11.3 Å². The molecule has 0 aliphatic carbocycles. The Labute approximate surface area is 114 Å². The predicted molar refractivity (Wildman–Crippen MR) is 73.8 cm³/mol. The third-order valence-electron chi connectivity index (χ3n) is 2.79. The maximum atomic E-state index is 12.0. The fourth-order valence-electron chi connectivity index (χ4n) is 1.92. The van der Waals surface area contributed by atoms with Crippen molar-refractivity contribution in [3.8, 4) is 5.75 Å². The van der Waals surface area contributed by atoms with Crippen molar-refractivity contribution in [2.45, 2.75) is 33.1 Å². The van der Waals surface area contributed by atoms with E-state index in [2.05, 4.69) is 20.8 Å². The Kier molecular flexibility index (Phi) is 4.95. The molecule has 106 valence electrons. The zero-order chi connectivity index (χ0) is 14.6. The Morgan fingerprint density at radius 2 is 1.95 bits per heavy atom. The van der Waals surface area contributed by atoms with Crippen molar-refractivity contribution >= 4 is 5.97 Å². The van der Waals surface area contributed by atoms with Crippen molar-refractivity contribution in [3.05, 3.63) is 28.8 Å². The number of hydrogen-bond donors (Lipinski definition) is 1. The molecule has 0 heterocycles. The number of methoxy groups -OCH3 is 1. The average Bonchev–Trinajstić information content (AvgIpc) is 2.33. The highest BCUT2D eigenvalue weighted by Gasteiger charge is 2.25. The van der Waals surface area contributed by atoms with Gasteiger partial charge in [0.1, 0.15) is 17.9 Å². The molecule has 1 N–H and O–H groups in total. The van der Waals surface area contributed by atoms with Crippen LogP contribution in [-0.2, 0) is 10.2 Å². The Balaban J connectivity index is 3.31. The molecule has 0 atom stereocenters. The molecule has 4 heteroatoms. The second kappa shape index (κ2) is 6.06. The second-order valence-electron chi connectivity index (χ2n) is 5.50. The maximum Gasteiger partial charge on any atom is 0.342 e. The fourth-order valence-corrected chi connectivity index (χ4v) is 1.92. The average molecular weight is 266 g/mol. The summed E-state index contributed by atoms with van der Waals surface area (Å²) in [6.07, 6.45) is 0. The minimum absolute atomic E-state index is 0.0131. The normalized spacial score (nSPS) is 11.3. The molecule has 1 aromatic carbocycles. The molecule has 1 aromatic rings. The summed E-state index contributed by atoms with van der Waals surface area (Å²) in [6, 6.07) is 3.76. The zero-order valence-corrected chi connectivity index (χ0v) is 12.2. The Morgan fingerprint density at radius 3 is 2.42 bits per heavy atom. The summed E-state index contributed by atoms with van der Waals surface area (Å²) in [5.74, 6) is 0.0705. The molecule has 0 saturated heterocycles. The molecule has 19 heavy (non-hydrogen) atoms. The molecule has 0 saturated carbocycles. The van der Waals surface area contributed by atoms with Gasteiger partial charge in [-0.05, 0) is 24.0 Å². The summed E-state index contributed by atoms with van der Waals surface area (Å²) in [5, 5.41) is 8.72. The number of esters is 1. The summed E-state index contributed by atoms with van der Waals surface area (Å²) in [6.45, 7) is 7.91. The molecule has 1 rings (SSSR count). The van der Waals surface area contributed by atoms with Gasteiger partial charge in [0.25, 0.3) is 0 Å². The SMILES string of the molecule is COc1c(C(=O)OCCO)cc(C)cc1C(C)(C)C. The van der Waals surface area contributed by atoms with Crippen LogP contribution in [0.1, 0.15) is 42.3 Å². The lowest BCUT2D eigenvalue weighted by Crippen LogP contribution is -2.17. The molecular weight excluding hydrogens is 244 g/mol. The molecule has 0 radical (unpaired) electrons. The van der Waals surface area contributed by atoms with Crippen LogP contribution in [0.25, 0.3) is 0 Å². The first-order chi connectivity index (χ1) is 8.81. The number of carbonyl (C=O) groups excluding carboxylic acids is 1.